The van der Waals surface area contributed by atoms with Gasteiger partial charge in [-0.2, -0.15) is 21.6 Å². The number of piperidine rings is 1. The van der Waals surface area contributed by atoms with E-state index in [2.05, 4.69) is 9.08 Å². The van der Waals surface area contributed by atoms with Crippen LogP contribution in [-0.2, 0) is 16.5 Å². The Morgan fingerprint density at radius 2 is 1.82 bits per heavy atom. The van der Waals surface area contributed by atoms with E-state index in [-0.39, 0.29) is 6.04 Å². The summed E-state index contributed by atoms with van der Waals surface area (Å²) < 4.78 is 77.8. The van der Waals surface area contributed by atoms with E-state index in [4.69, 9.17) is 0 Å². The van der Waals surface area contributed by atoms with Crippen LogP contribution >= 0.6 is 0 Å². The Morgan fingerprint density at radius 1 is 1.14 bits per heavy atom. The van der Waals surface area contributed by atoms with E-state index in [1.165, 1.54) is 44.2 Å². The molecule has 1 unspecified atom stereocenters. The van der Waals surface area contributed by atoms with E-state index in [0.29, 0.717) is 23.5 Å². The number of hydrogen-bond acceptors (Lipinski definition) is 4. The predicted molar refractivity (Wildman–Crippen MR) is 96.9 cm³/mol. The molecular weight excluding hydrogens is 398 g/mol. The van der Waals surface area contributed by atoms with Crippen molar-refractivity contribution in [2.45, 2.75) is 62.9 Å². The van der Waals surface area contributed by atoms with Crippen molar-refractivity contribution in [1.29, 1.82) is 0 Å². The first-order valence-electron chi connectivity index (χ1n) is 9.50. The van der Waals surface area contributed by atoms with Crippen LogP contribution < -0.4 is 4.18 Å². The quantitative estimate of drug-likeness (QED) is 0.402. The van der Waals surface area contributed by atoms with Crippen molar-refractivity contribution in [1.82, 2.24) is 4.90 Å². The molecule has 0 aromatic heterocycles. The Balaban J connectivity index is 1.70. The highest BCUT2D eigenvalue weighted by Gasteiger charge is 2.48. The van der Waals surface area contributed by atoms with Gasteiger partial charge in [-0.15, -0.1) is 0 Å². The van der Waals surface area contributed by atoms with Gasteiger partial charge in [0.05, 0.1) is 0 Å². The predicted octanol–water partition coefficient (Wildman–Crippen LogP) is 4.64. The van der Waals surface area contributed by atoms with Gasteiger partial charge in [0.1, 0.15) is 11.6 Å². The minimum atomic E-state index is -5.82. The van der Waals surface area contributed by atoms with E-state index < -0.39 is 27.2 Å². The van der Waals surface area contributed by atoms with Crippen molar-refractivity contribution >= 4 is 10.1 Å². The number of hydrogen-bond donors (Lipinski definition) is 0. The highest BCUT2D eigenvalue weighted by Crippen LogP contribution is 2.44. The molecule has 0 bridgehead atoms. The van der Waals surface area contributed by atoms with Gasteiger partial charge in [-0.1, -0.05) is 19.3 Å². The zero-order valence-electron chi connectivity index (χ0n) is 15.8. The molecule has 4 nitrogen and oxygen atoms in total. The Labute approximate surface area is 163 Å². The molecule has 0 N–H and O–H groups in total. The second-order valence-electron chi connectivity index (χ2n) is 8.15. The van der Waals surface area contributed by atoms with Gasteiger partial charge >= 0.3 is 15.6 Å². The SMILES string of the molecule is CN1CC2(CCCCC2)CCC1Cc1cc(F)cc(OS(=O)(=O)C(F)(F)F)c1. The van der Waals surface area contributed by atoms with Gasteiger partial charge in [-0.05, 0) is 62.3 Å². The maximum absolute atomic E-state index is 13.9. The molecule has 1 aromatic carbocycles. The molecule has 1 aliphatic carbocycles. The monoisotopic (exact) mass is 423 g/mol. The normalized spacial score (nSPS) is 23.7. The van der Waals surface area contributed by atoms with Gasteiger partial charge in [0.25, 0.3) is 0 Å². The van der Waals surface area contributed by atoms with Crippen LogP contribution in [0.3, 0.4) is 0 Å². The zero-order valence-corrected chi connectivity index (χ0v) is 16.6. The number of benzene rings is 1. The molecule has 28 heavy (non-hydrogen) atoms. The summed E-state index contributed by atoms with van der Waals surface area (Å²) in [6, 6.07) is 3.16. The van der Waals surface area contributed by atoms with Crippen LogP contribution in [-0.4, -0.2) is 38.5 Å². The van der Waals surface area contributed by atoms with Crippen molar-refractivity contribution in [2.24, 2.45) is 5.41 Å². The van der Waals surface area contributed by atoms with Crippen LogP contribution in [0.4, 0.5) is 17.6 Å². The van der Waals surface area contributed by atoms with Gasteiger partial charge in [0, 0.05) is 18.7 Å². The molecule has 2 fully saturated rings. The Kier molecular flexibility index (Phi) is 5.96. The molecule has 1 spiro atoms. The molecule has 3 rings (SSSR count). The third-order valence-electron chi connectivity index (χ3n) is 6.02. The van der Waals surface area contributed by atoms with Crippen LogP contribution in [0.2, 0.25) is 0 Å². The molecular formula is C19H25F4NO3S. The van der Waals surface area contributed by atoms with Crippen LogP contribution in [0.25, 0.3) is 0 Å². The summed E-state index contributed by atoms with van der Waals surface area (Å²) in [5.74, 6) is -1.48. The standard InChI is InChI=1S/C19H25F4NO3S/c1-24-13-18(6-3-2-4-7-18)8-5-16(24)10-14-9-15(20)12-17(11-14)27-28(25,26)19(21,22)23/h9,11-12,16H,2-8,10,13H2,1H3. The summed E-state index contributed by atoms with van der Waals surface area (Å²) in [4.78, 5) is 2.24. The van der Waals surface area contributed by atoms with E-state index in [1.807, 2.05) is 7.05 Å². The minimum Gasteiger partial charge on any atom is -0.376 e. The van der Waals surface area contributed by atoms with Crippen molar-refractivity contribution in [3.8, 4) is 5.75 Å². The summed E-state index contributed by atoms with van der Waals surface area (Å²) in [5, 5.41) is 0. The fourth-order valence-electron chi connectivity index (χ4n) is 4.63. The lowest BCUT2D eigenvalue weighted by atomic mass is 9.68. The average Bonchev–Trinajstić information content (AvgIpc) is 2.56. The van der Waals surface area contributed by atoms with Gasteiger partial charge in [-0.3, -0.25) is 0 Å². The summed E-state index contributed by atoms with van der Waals surface area (Å²) in [7, 11) is -3.81. The Hall–Kier alpha value is -1.35. The molecule has 1 saturated carbocycles. The summed E-state index contributed by atoms with van der Waals surface area (Å²) in [6.45, 7) is 0.957. The van der Waals surface area contributed by atoms with Gasteiger partial charge < -0.3 is 9.08 Å². The van der Waals surface area contributed by atoms with E-state index in [0.717, 1.165) is 19.4 Å². The highest BCUT2D eigenvalue weighted by molar-refractivity contribution is 7.88. The molecule has 0 radical (unpaired) electrons. The Bertz CT molecular complexity index is 804. The first kappa shape index (κ1) is 21.4. The number of likely N-dealkylation sites (tertiary alicyclic amines) is 1. The smallest absolute Gasteiger partial charge is 0.376 e. The van der Waals surface area contributed by atoms with Crippen LogP contribution in [0.15, 0.2) is 18.2 Å². The molecule has 158 valence electrons. The molecule has 1 heterocycles. The number of alkyl halides is 3. The first-order chi connectivity index (χ1) is 13.0. The van der Waals surface area contributed by atoms with E-state index in [9.17, 15) is 26.0 Å². The van der Waals surface area contributed by atoms with Crippen LogP contribution in [0, 0.1) is 11.2 Å². The first-order valence-corrected chi connectivity index (χ1v) is 10.9. The van der Waals surface area contributed by atoms with Crippen LogP contribution in [0.1, 0.15) is 50.5 Å². The molecule has 1 aromatic rings. The largest absolute Gasteiger partial charge is 0.534 e. The van der Waals surface area contributed by atoms with E-state index >= 15 is 0 Å². The number of halogens is 4. The van der Waals surface area contributed by atoms with Crippen molar-refractivity contribution in [3.05, 3.63) is 29.6 Å². The lowest BCUT2D eigenvalue weighted by Gasteiger charge is -2.48. The van der Waals surface area contributed by atoms with E-state index in [1.54, 1.807) is 0 Å². The number of nitrogens with zero attached hydrogens (tertiary/aromatic N) is 1. The van der Waals surface area contributed by atoms with Crippen molar-refractivity contribution in [3.63, 3.8) is 0 Å². The summed E-state index contributed by atoms with van der Waals surface area (Å²) >= 11 is 0. The second kappa shape index (κ2) is 7.82. The third-order valence-corrected chi connectivity index (χ3v) is 7.00. The molecule has 1 atom stereocenters. The molecule has 2 aliphatic rings. The summed E-state index contributed by atoms with van der Waals surface area (Å²) in [6.07, 6.45) is 8.64. The number of likely N-dealkylation sites (N-methyl/N-ethyl adjacent to an activating group) is 1. The van der Waals surface area contributed by atoms with Crippen molar-refractivity contribution < 1.29 is 30.2 Å². The van der Waals surface area contributed by atoms with Crippen molar-refractivity contribution in [2.75, 3.05) is 13.6 Å². The molecule has 9 heteroatoms. The minimum absolute atomic E-state index is 0.126. The van der Waals surface area contributed by atoms with Gasteiger partial charge in [0.15, 0.2) is 0 Å². The number of rotatable bonds is 4. The molecule has 1 aliphatic heterocycles. The lowest BCUT2D eigenvalue weighted by Crippen LogP contribution is -2.48. The molecule has 0 amide bonds. The third kappa shape index (κ3) is 4.79. The maximum atomic E-state index is 13.9. The maximum Gasteiger partial charge on any atom is 0.534 e. The van der Waals surface area contributed by atoms with Gasteiger partial charge in [-0.25, -0.2) is 4.39 Å². The lowest BCUT2D eigenvalue weighted by molar-refractivity contribution is -0.0500. The second-order valence-corrected chi connectivity index (χ2v) is 9.69. The highest BCUT2D eigenvalue weighted by atomic mass is 32.2. The molecule has 1 saturated heterocycles. The topological polar surface area (TPSA) is 46.6 Å². The average molecular weight is 423 g/mol. The fourth-order valence-corrected chi connectivity index (χ4v) is 5.07. The Morgan fingerprint density at radius 3 is 2.43 bits per heavy atom. The fraction of sp³-hybridized carbons (Fsp3) is 0.684. The zero-order chi connectivity index (χ0) is 20.6. The summed E-state index contributed by atoms with van der Waals surface area (Å²) in [5.41, 5.74) is -4.79. The van der Waals surface area contributed by atoms with Crippen LogP contribution in [0.5, 0.6) is 5.75 Å². The van der Waals surface area contributed by atoms with Gasteiger partial charge in [0.2, 0.25) is 0 Å².